The molecule has 1 fully saturated rings. The first-order valence-electron chi connectivity index (χ1n) is 9.64. The van der Waals surface area contributed by atoms with E-state index in [1.165, 1.54) is 24.3 Å². The van der Waals surface area contributed by atoms with E-state index >= 15 is 0 Å². The molecule has 2 amide bonds. The van der Waals surface area contributed by atoms with Crippen LogP contribution in [0.25, 0.3) is 0 Å². The summed E-state index contributed by atoms with van der Waals surface area (Å²) in [6.45, 7) is 10.8. The minimum absolute atomic E-state index is 0.143. The van der Waals surface area contributed by atoms with Crippen molar-refractivity contribution in [3.05, 3.63) is 28.7 Å². The molecule has 2 rings (SSSR count). The summed E-state index contributed by atoms with van der Waals surface area (Å²) in [4.78, 5) is 15.9. The number of piperidine rings is 1. The first kappa shape index (κ1) is 25.6. The van der Waals surface area contributed by atoms with Crippen LogP contribution in [-0.2, 0) is 0 Å². The lowest BCUT2D eigenvalue weighted by Gasteiger charge is -2.39. The van der Waals surface area contributed by atoms with Gasteiger partial charge in [0.05, 0.1) is 5.60 Å². The highest BCUT2D eigenvalue weighted by Crippen LogP contribution is 2.28. The summed E-state index contributed by atoms with van der Waals surface area (Å²) in [7, 11) is 0. The Morgan fingerprint density at radius 1 is 1.17 bits per heavy atom. The van der Waals surface area contributed by atoms with E-state index in [2.05, 4.69) is 20.7 Å². The number of carbonyl (C=O) groups is 1. The highest BCUT2D eigenvalue weighted by molar-refractivity contribution is 9.10. The molecule has 0 radical (unpaired) electrons. The number of amides is 2. The maximum absolute atomic E-state index is 12.1. The Morgan fingerprint density at radius 2 is 1.66 bits per heavy atom. The van der Waals surface area contributed by atoms with Gasteiger partial charge in [-0.3, -0.25) is 0 Å². The molecule has 0 unspecified atom stereocenters. The summed E-state index contributed by atoms with van der Waals surface area (Å²) in [6.07, 6.45) is -2.82. The number of benzene rings is 1. The van der Waals surface area contributed by atoms with Gasteiger partial charge in [-0.15, -0.1) is 13.2 Å². The van der Waals surface area contributed by atoms with Gasteiger partial charge in [-0.05, 0) is 70.7 Å². The number of rotatable bonds is 4. The van der Waals surface area contributed by atoms with Crippen LogP contribution >= 0.6 is 15.9 Å². The van der Waals surface area contributed by atoms with Crippen LogP contribution in [0.4, 0.5) is 18.0 Å². The van der Waals surface area contributed by atoms with Gasteiger partial charge in [-0.25, -0.2) is 4.79 Å². The molecule has 1 aliphatic heterocycles. The van der Waals surface area contributed by atoms with Gasteiger partial charge in [0.1, 0.15) is 5.75 Å². The Hall–Kier alpha value is -1.48. The first-order chi connectivity index (χ1) is 13.4. The number of hydrogen-bond donors (Lipinski definition) is 1. The minimum Gasteiger partial charge on any atom is -0.406 e. The SMILES string of the molecule is CCN(CC)C(=O)N1CCC(C(C)(C)O)CC1.FC(F)(F)Oc1ccc(Br)cc1. The van der Waals surface area contributed by atoms with E-state index in [-0.39, 0.29) is 11.8 Å². The fourth-order valence-corrected chi connectivity index (χ4v) is 3.37. The fraction of sp³-hybridized carbons (Fsp3) is 0.650. The molecule has 5 nitrogen and oxygen atoms in total. The molecule has 1 aromatic rings. The summed E-state index contributed by atoms with van der Waals surface area (Å²) >= 11 is 3.09. The molecule has 166 valence electrons. The number of nitrogens with zero attached hydrogens (tertiary/aromatic N) is 2. The molecule has 1 aliphatic rings. The number of hydrogen-bond acceptors (Lipinski definition) is 3. The van der Waals surface area contributed by atoms with E-state index in [9.17, 15) is 23.1 Å². The van der Waals surface area contributed by atoms with Gasteiger partial charge in [0, 0.05) is 30.7 Å². The van der Waals surface area contributed by atoms with Gasteiger partial charge in [-0.2, -0.15) is 0 Å². The number of ether oxygens (including phenoxy) is 1. The Morgan fingerprint density at radius 3 is 2.03 bits per heavy atom. The highest BCUT2D eigenvalue weighted by atomic mass is 79.9. The van der Waals surface area contributed by atoms with Crippen LogP contribution in [0.3, 0.4) is 0 Å². The quantitative estimate of drug-likeness (QED) is 0.634. The van der Waals surface area contributed by atoms with Crippen molar-refractivity contribution in [2.24, 2.45) is 5.92 Å². The van der Waals surface area contributed by atoms with Crippen LogP contribution in [0.1, 0.15) is 40.5 Å². The van der Waals surface area contributed by atoms with Crippen LogP contribution in [0.2, 0.25) is 0 Å². The molecule has 0 atom stereocenters. The maximum Gasteiger partial charge on any atom is 0.573 e. The average molecular weight is 483 g/mol. The predicted octanol–water partition coefficient (Wildman–Crippen LogP) is 5.28. The third-order valence-electron chi connectivity index (χ3n) is 4.85. The summed E-state index contributed by atoms with van der Waals surface area (Å²) in [5, 5.41) is 9.95. The Kier molecular flexibility index (Phi) is 9.75. The van der Waals surface area contributed by atoms with E-state index in [1.807, 2.05) is 37.5 Å². The highest BCUT2D eigenvalue weighted by Gasteiger charge is 2.33. The van der Waals surface area contributed by atoms with Gasteiger partial charge < -0.3 is 19.6 Å². The molecule has 0 aromatic heterocycles. The van der Waals surface area contributed by atoms with Gasteiger partial charge >= 0.3 is 12.4 Å². The zero-order valence-corrected chi connectivity index (χ0v) is 18.9. The fourth-order valence-electron chi connectivity index (χ4n) is 3.11. The summed E-state index contributed by atoms with van der Waals surface area (Å²) in [6, 6.07) is 5.56. The molecule has 1 N–H and O–H groups in total. The zero-order valence-electron chi connectivity index (χ0n) is 17.3. The molecule has 1 heterocycles. The molecule has 9 heteroatoms. The van der Waals surface area contributed by atoms with Crippen molar-refractivity contribution >= 4 is 22.0 Å². The number of aliphatic hydroxyl groups is 1. The second kappa shape index (κ2) is 11.1. The van der Waals surface area contributed by atoms with Crippen LogP contribution in [0.15, 0.2) is 28.7 Å². The lowest BCUT2D eigenvalue weighted by molar-refractivity contribution is -0.274. The van der Waals surface area contributed by atoms with E-state index in [1.54, 1.807) is 0 Å². The summed E-state index contributed by atoms with van der Waals surface area (Å²) in [5.41, 5.74) is -0.621. The summed E-state index contributed by atoms with van der Waals surface area (Å²) < 4.78 is 39.2. The Labute approximate surface area is 178 Å². The van der Waals surface area contributed by atoms with Crippen molar-refractivity contribution in [1.82, 2.24) is 9.80 Å². The van der Waals surface area contributed by atoms with Gasteiger partial charge in [0.2, 0.25) is 0 Å². The zero-order chi connectivity index (χ0) is 22.2. The molecule has 0 bridgehead atoms. The number of halogens is 4. The molecule has 1 saturated heterocycles. The largest absolute Gasteiger partial charge is 0.573 e. The molecule has 29 heavy (non-hydrogen) atoms. The molecule has 0 aliphatic carbocycles. The number of carbonyl (C=O) groups excluding carboxylic acids is 1. The maximum atomic E-state index is 12.1. The molecular formula is C20H30BrF3N2O3. The van der Waals surface area contributed by atoms with Crippen LogP contribution in [-0.4, -0.2) is 59.1 Å². The van der Waals surface area contributed by atoms with Crippen molar-refractivity contribution in [1.29, 1.82) is 0 Å². The van der Waals surface area contributed by atoms with Gasteiger partial charge in [0.15, 0.2) is 0 Å². The molecule has 1 aromatic carbocycles. The number of likely N-dealkylation sites (tertiary alicyclic amines) is 1. The van der Waals surface area contributed by atoms with Gasteiger partial charge in [-0.1, -0.05) is 15.9 Å². The Balaban J connectivity index is 0.000000308. The predicted molar refractivity (Wildman–Crippen MR) is 110 cm³/mol. The monoisotopic (exact) mass is 482 g/mol. The van der Waals surface area contributed by atoms with Crippen molar-refractivity contribution in [3.8, 4) is 5.75 Å². The van der Waals surface area contributed by atoms with Crippen LogP contribution in [0.5, 0.6) is 5.75 Å². The first-order valence-corrected chi connectivity index (χ1v) is 10.4. The standard InChI is InChI=1S/C13H26N2O2.C7H4BrF3O/c1-5-14(6-2)12(16)15-9-7-11(8-10-15)13(3,4)17;8-5-1-3-6(4-2-5)12-7(9,10)11/h11,17H,5-10H2,1-4H3;1-4H. The number of urea groups is 1. The minimum atomic E-state index is -4.62. The van der Waals surface area contributed by atoms with Gasteiger partial charge in [0.25, 0.3) is 0 Å². The Bertz CT molecular complexity index is 621. The third-order valence-corrected chi connectivity index (χ3v) is 5.37. The van der Waals surface area contributed by atoms with E-state index < -0.39 is 12.0 Å². The summed E-state index contributed by atoms with van der Waals surface area (Å²) in [5.74, 6) is 0.0916. The molecular weight excluding hydrogens is 453 g/mol. The van der Waals surface area contributed by atoms with Crippen molar-refractivity contribution in [3.63, 3.8) is 0 Å². The van der Waals surface area contributed by atoms with Crippen LogP contribution in [0, 0.1) is 5.92 Å². The smallest absolute Gasteiger partial charge is 0.406 e. The van der Waals surface area contributed by atoms with Crippen molar-refractivity contribution in [2.75, 3.05) is 26.2 Å². The number of alkyl halides is 3. The topological polar surface area (TPSA) is 53.0 Å². The second-order valence-corrected chi connectivity index (χ2v) is 8.29. The van der Waals surface area contributed by atoms with Crippen molar-refractivity contribution in [2.45, 2.75) is 52.5 Å². The molecule has 0 saturated carbocycles. The lowest BCUT2D eigenvalue weighted by Crippen LogP contribution is -2.49. The third kappa shape index (κ3) is 9.25. The molecule has 0 spiro atoms. The van der Waals surface area contributed by atoms with Crippen LogP contribution < -0.4 is 4.74 Å². The van der Waals surface area contributed by atoms with E-state index in [0.29, 0.717) is 10.4 Å². The average Bonchev–Trinajstić information content (AvgIpc) is 2.63. The second-order valence-electron chi connectivity index (χ2n) is 7.37. The van der Waals surface area contributed by atoms with E-state index in [0.717, 1.165) is 39.0 Å². The normalized spacial score (nSPS) is 15.4. The lowest BCUT2D eigenvalue weighted by atomic mass is 9.83. The van der Waals surface area contributed by atoms with E-state index in [4.69, 9.17) is 0 Å². The van der Waals surface area contributed by atoms with Crippen molar-refractivity contribution < 1.29 is 27.8 Å².